The summed E-state index contributed by atoms with van der Waals surface area (Å²) < 4.78 is 5.94. The van der Waals surface area contributed by atoms with Gasteiger partial charge in [0, 0.05) is 26.2 Å². The van der Waals surface area contributed by atoms with Gasteiger partial charge in [-0.1, -0.05) is 24.3 Å². The Morgan fingerprint density at radius 3 is 2.19 bits per heavy atom. The highest BCUT2D eigenvalue weighted by Crippen LogP contribution is 2.35. The smallest absolute Gasteiger partial charge is 0.233 e. The van der Waals surface area contributed by atoms with Gasteiger partial charge in [0.05, 0.1) is 36.7 Å². The average Bonchev–Trinajstić information content (AvgIpc) is 2.99. The third-order valence-electron chi connectivity index (χ3n) is 6.27. The predicted octanol–water partition coefficient (Wildman–Crippen LogP) is 2.12. The van der Waals surface area contributed by atoms with Crippen molar-refractivity contribution in [2.24, 2.45) is 11.8 Å². The molecule has 0 N–H and O–H groups in total. The van der Waals surface area contributed by atoms with Gasteiger partial charge in [-0.05, 0) is 38.8 Å². The lowest BCUT2D eigenvalue weighted by molar-refractivity contribution is -0.143. The maximum Gasteiger partial charge on any atom is 0.233 e. The van der Waals surface area contributed by atoms with Crippen molar-refractivity contribution in [2.75, 3.05) is 44.2 Å². The highest BCUT2D eigenvalue weighted by Gasteiger charge is 2.47. The number of hydrogen-bond donors (Lipinski definition) is 0. The first kappa shape index (κ1) is 21.6. The van der Waals surface area contributed by atoms with E-state index < -0.39 is 0 Å². The van der Waals surface area contributed by atoms with Crippen LogP contribution in [0.4, 0.5) is 5.69 Å². The number of ether oxygens (including phenoxy) is 1. The number of hydrogen-bond acceptors (Lipinski definition) is 6. The van der Waals surface area contributed by atoms with E-state index in [4.69, 9.17) is 4.74 Å². The summed E-state index contributed by atoms with van der Waals surface area (Å²) in [4.78, 5) is 43.4. The van der Waals surface area contributed by atoms with E-state index in [-0.39, 0.29) is 48.6 Å². The Morgan fingerprint density at radius 2 is 1.58 bits per heavy atom. The molecule has 1 aromatic rings. The molecule has 7 heteroatoms. The molecule has 31 heavy (non-hydrogen) atoms. The molecule has 2 unspecified atom stereocenters. The minimum absolute atomic E-state index is 0.0784. The van der Waals surface area contributed by atoms with Crippen molar-refractivity contribution in [3.05, 3.63) is 36.4 Å². The fraction of sp³-hybridized carbons (Fsp3) is 0.542. The molecule has 3 aliphatic rings. The quantitative estimate of drug-likeness (QED) is 0.492. The van der Waals surface area contributed by atoms with Gasteiger partial charge < -0.3 is 9.64 Å². The van der Waals surface area contributed by atoms with Crippen LogP contribution in [0.1, 0.15) is 26.7 Å². The zero-order chi connectivity index (χ0) is 22.0. The second-order valence-corrected chi connectivity index (χ2v) is 8.85. The molecule has 1 aliphatic carbocycles. The Bertz CT molecular complexity index is 847. The zero-order valence-corrected chi connectivity index (χ0v) is 18.3. The molecule has 2 heterocycles. The van der Waals surface area contributed by atoms with Gasteiger partial charge >= 0.3 is 0 Å². The Morgan fingerprint density at radius 1 is 0.968 bits per heavy atom. The molecule has 2 fully saturated rings. The van der Waals surface area contributed by atoms with Crippen molar-refractivity contribution in [3.63, 3.8) is 0 Å². The second kappa shape index (κ2) is 9.22. The molecule has 0 bridgehead atoms. The number of anilines is 1. The van der Waals surface area contributed by atoms with Crippen LogP contribution in [0.2, 0.25) is 0 Å². The molecule has 166 valence electrons. The van der Waals surface area contributed by atoms with Crippen LogP contribution >= 0.6 is 0 Å². The van der Waals surface area contributed by atoms with Crippen LogP contribution in [0.3, 0.4) is 0 Å². The van der Waals surface area contributed by atoms with Gasteiger partial charge in [0.15, 0.2) is 5.78 Å². The number of rotatable bonds is 7. The fourth-order valence-corrected chi connectivity index (χ4v) is 4.72. The maximum absolute atomic E-state index is 12.7. The summed E-state index contributed by atoms with van der Waals surface area (Å²) in [6.45, 7) is 7.28. The predicted molar refractivity (Wildman–Crippen MR) is 118 cm³/mol. The molecule has 0 saturated carbocycles. The number of Topliss-reactive ketones (excluding diaryl/α,β-unsaturated/α-hetero) is 1. The molecular formula is C24H31N3O4. The number of amides is 2. The van der Waals surface area contributed by atoms with Crippen molar-refractivity contribution in [3.8, 4) is 5.75 Å². The number of ketones is 1. The number of nitrogens with zero attached hydrogens (tertiary/aromatic N) is 3. The van der Waals surface area contributed by atoms with Crippen molar-refractivity contribution in [1.29, 1.82) is 0 Å². The number of imide groups is 1. The molecule has 0 spiro atoms. The third kappa shape index (κ3) is 4.66. The van der Waals surface area contributed by atoms with Gasteiger partial charge in [0.2, 0.25) is 11.8 Å². The number of carbonyl (C=O) groups is 3. The molecule has 2 aliphatic heterocycles. The van der Waals surface area contributed by atoms with E-state index >= 15 is 0 Å². The lowest BCUT2D eigenvalue weighted by Crippen LogP contribution is -2.49. The molecule has 2 amide bonds. The summed E-state index contributed by atoms with van der Waals surface area (Å²) in [7, 11) is 0. The zero-order valence-electron chi connectivity index (χ0n) is 18.3. The van der Waals surface area contributed by atoms with Gasteiger partial charge in [0.1, 0.15) is 5.75 Å². The van der Waals surface area contributed by atoms with E-state index in [0.29, 0.717) is 12.8 Å². The number of para-hydroxylation sites is 2. The number of fused-ring (bicyclic) bond motifs is 1. The van der Waals surface area contributed by atoms with Crippen LogP contribution in [0, 0.1) is 11.8 Å². The number of carbonyl (C=O) groups excluding carboxylic acids is 3. The SMILES string of the molecule is CC(C)Oc1ccccc1N1CCN(CC(=O)CN2C(=O)C3CC=CCC3C2=O)CC1. The Kier molecular flexibility index (Phi) is 6.41. The standard InChI is InChI=1S/C24H31N3O4/c1-17(2)31-22-10-6-5-9-21(22)26-13-11-25(12-14-26)15-18(28)16-27-23(29)19-7-3-4-8-20(19)24(27)30/h3-6,9-10,17,19-20H,7-8,11-16H2,1-2H3. The van der Waals surface area contributed by atoms with Crippen LogP contribution in [-0.4, -0.2) is 72.8 Å². The Labute approximate surface area is 183 Å². The van der Waals surface area contributed by atoms with Gasteiger partial charge in [-0.2, -0.15) is 0 Å². The molecule has 7 nitrogen and oxygen atoms in total. The third-order valence-corrected chi connectivity index (χ3v) is 6.27. The lowest BCUT2D eigenvalue weighted by atomic mass is 9.85. The highest BCUT2D eigenvalue weighted by atomic mass is 16.5. The lowest BCUT2D eigenvalue weighted by Gasteiger charge is -2.36. The van der Waals surface area contributed by atoms with E-state index in [9.17, 15) is 14.4 Å². The van der Waals surface area contributed by atoms with E-state index in [1.807, 2.05) is 44.2 Å². The topological polar surface area (TPSA) is 70.2 Å². The van der Waals surface area contributed by atoms with Gasteiger partial charge in [-0.15, -0.1) is 0 Å². The minimum atomic E-state index is -0.276. The van der Waals surface area contributed by atoms with Gasteiger partial charge in [0.25, 0.3) is 0 Å². The summed E-state index contributed by atoms with van der Waals surface area (Å²) in [5, 5.41) is 0. The van der Waals surface area contributed by atoms with Crippen molar-refractivity contribution in [1.82, 2.24) is 9.80 Å². The highest BCUT2D eigenvalue weighted by molar-refractivity contribution is 6.07. The maximum atomic E-state index is 12.7. The summed E-state index contributed by atoms with van der Waals surface area (Å²) in [6, 6.07) is 8.04. The summed E-state index contributed by atoms with van der Waals surface area (Å²) in [6.07, 6.45) is 5.23. The van der Waals surface area contributed by atoms with E-state index in [0.717, 1.165) is 37.6 Å². The van der Waals surface area contributed by atoms with E-state index in [1.165, 1.54) is 4.90 Å². The summed E-state index contributed by atoms with van der Waals surface area (Å²) >= 11 is 0. The number of allylic oxidation sites excluding steroid dienone is 2. The Hall–Kier alpha value is -2.67. The molecule has 1 aromatic carbocycles. The van der Waals surface area contributed by atoms with Gasteiger partial charge in [-0.3, -0.25) is 24.2 Å². The largest absolute Gasteiger partial charge is 0.489 e. The van der Waals surface area contributed by atoms with Crippen LogP contribution in [0.25, 0.3) is 0 Å². The second-order valence-electron chi connectivity index (χ2n) is 8.85. The van der Waals surface area contributed by atoms with Crippen LogP contribution in [0.15, 0.2) is 36.4 Å². The molecule has 0 aromatic heterocycles. The first-order valence-corrected chi connectivity index (χ1v) is 11.2. The van der Waals surface area contributed by atoms with Crippen LogP contribution in [-0.2, 0) is 14.4 Å². The first-order valence-electron chi connectivity index (χ1n) is 11.2. The van der Waals surface area contributed by atoms with Crippen LogP contribution in [0.5, 0.6) is 5.75 Å². The molecule has 4 rings (SSSR count). The summed E-state index contributed by atoms with van der Waals surface area (Å²) in [5.74, 6) is -0.114. The average molecular weight is 426 g/mol. The van der Waals surface area contributed by atoms with Gasteiger partial charge in [-0.25, -0.2) is 0 Å². The first-order chi connectivity index (χ1) is 14.9. The van der Waals surface area contributed by atoms with E-state index in [2.05, 4.69) is 15.9 Å². The number of piperazine rings is 1. The molecule has 2 atom stereocenters. The normalized spacial score (nSPS) is 24.1. The van der Waals surface area contributed by atoms with Crippen molar-refractivity contribution >= 4 is 23.3 Å². The minimum Gasteiger partial charge on any atom is -0.489 e. The Balaban J connectivity index is 1.29. The molecule has 0 radical (unpaired) electrons. The van der Waals surface area contributed by atoms with Crippen molar-refractivity contribution < 1.29 is 19.1 Å². The number of benzene rings is 1. The molecular weight excluding hydrogens is 394 g/mol. The monoisotopic (exact) mass is 425 g/mol. The molecule has 2 saturated heterocycles. The van der Waals surface area contributed by atoms with Crippen LogP contribution < -0.4 is 9.64 Å². The fourth-order valence-electron chi connectivity index (χ4n) is 4.72. The van der Waals surface area contributed by atoms with E-state index in [1.54, 1.807) is 0 Å². The number of likely N-dealkylation sites (tertiary alicyclic amines) is 1. The van der Waals surface area contributed by atoms with Crippen molar-refractivity contribution in [2.45, 2.75) is 32.8 Å². The summed E-state index contributed by atoms with van der Waals surface area (Å²) in [5.41, 5.74) is 1.08.